The van der Waals surface area contributed by atoms with E-state index in [0.717, 1.165) is 11.6 Å². The fraction of sp³-hybridized carbons (Fsp3) is 0.286. The first-order chi connectivity index (χ1) is 9.59. The van der Waals surface area contributed by atoms with Crippen molar-refractivity contribution in [2.75, 3.05) is 6.61 Å². The van der Waals surface area contributed by atoms with Gasteiger partial charge in [0.15, 0.2) is 0 Å². The van der Waals surface area contributed by atoms with Gasteiger partial charge in [-0.15, -0.1) is 0 Å². The molecule has 1 aliphatic rings. The van der Waals surface area contributed by atoms with E-state index in [4.69, 9.17) is 4.74 Å². The highest BCUT2D eigenvalue weighted by Crippen LogP contribution is 2.37. The van der Waals surface area contributed by atoms with Crippen LogP contribution < -0.4 is 0 Å². The van der Waals surface area contributed by atoms with E-state index in [0.29, 0.717) is 12.2 Å². The highest BCUT2D eigenvalue weighted by Gasteiger charge is 2.38. The van der Waals surface area contributed by atoms with Crippen molar-refractivity contribution in [1.29, 1.82) is 0 Å². The molecule has 2 aromatic rings. The molecule has 4 nitrogen and oxygen atoms in total. The van der Waals surface area contributed by atoms with E-state index in [2.05, 4.69) is 10.1 Å². The SMILES string of the molecule is CC1=C[C@@](Cn2cncn2)(c2ccc(F)cc2F)OC1. The van der Waals surface area contributed by atoms with Crippen molar-refractivity contribution in [3.8, 4) is 0 Å². The van der Waals surface area contributed by atoms with Gasteiger partial charge in [0.1, 0.15) is 29.9 Å². The Morgan fingerprint density at radius 1 is 1.40 bits per heavy atom. The fourth-order valence-corrected chi connectivity index (χ4v) is 2.44. The van der Waals surface area contributed by atoms with Gasteiger partial charge in [-0.3, -0.25) is 0 Å². The fourth-order valence-electron chi connectivity index (χ4n) is 2.44. The normalized spacial score (nSPS) is 22.1. The summed E-state index contributed by atoms with van der Waals surface area (Å²) in [6.07, 6.45) is 4.79. The molecule has 0 unspecified atom stereocenters. The molecule has 0 aliphatic carbocycles. The van der Waals surface area contributed by atoms with E-state index in [1.165, 1.54) is 24.8 Å². The minimum atomic E-state index is -0.977. The summed E-state index contributed by atoms with van der Waals surface area (Å²) in [6, 6.07) is 3.51. The second-order valence-electron chi connectivity index (χ2n) is 4.89. The monoisotopic (exact) mass is 277 g/mol. The van der Waals surface area contributed by atoms with Crippen LogP contribution in [0.3, 0.4) is 0 Å². The van der Waals surface area contributed by atoms with Crippen molar-refractivity contribution < 1.29 is 13.5 Å². The standard InChI is InChI=1S/C14H13F2N3O/c1-10-5-14(20-6-10,7-19-9-17-8-18-19)12-3-2-11(15)4-13(12)16/h2-5,8-9H,6-7H2,1H3/t14-/m1/s1. The number of hydrogen-bond acceptors (Lipinski definition) is 3. The van der Waals surface area contributed by atoms with Crippen LogP contribution >= 0.6 is 0 Å². The Balaban J connectivity index is 2.06. The van der Waals surface area contributed by atoms with Gasteiger partial charge in [0, 0.05) is 11.6 Å². The summed E-state index contributed by atoms with van der Waals surface area (Å²) >= 11 is 0. The van der Waals surface area contributed by atoms with Crippen molar-refractivity contribution in [3.63, 3.8) is 0 Å². The minimum absolute atomic E-state index is 0.285. The van der Waals surface area contributed by atoms with Crippen molar-refractivity contribution >= 4 is 0 Å². The Kier molecular flexibility index (Phi) is 3.10. The molecule has 0 amide bonds. The first-order valence-electron chi connectivity index (χ1n) is 6.19. The van der Waals surface area contributed by atoms with Gasteiger partial charge in [-0.2, -0.15) is 5.10 Å². The van der Waals surface area contributed by atoms with E-state index in [-0.39, 0.29) is 6.54 Å². The molecule has 104 valence electrons. The Morgan fingerprint density at radius 2 is 2.25 bits per heavy atom. The third-order valence-corrected chi connectivity index (χ3v) is 3.29. The lowest BCUT2D eigenvalue weighted by Gasteiger charge is -2.27. The van der Waals surface area contributed by atoms with Gasteiger partial charge in [-0.05, 0) is 30.7 Å². The van der Waals surface area contributed by atoms with E-state index < -0.39 is 17.2 Å². The minimum Gasteiger partial charge on any atom is -0.360 e. The molecule has 2 heterocycles. The lowest BCUT2D eigenvalue weighted by molar-refractivity contribution is 0.00167. The quantitative estimate of drug-likeness (QED) is 0.809. The second kappa shape index (κ2) is 4.79. The van der Waals surface area contributed by atoms with Crippen molar-refractivity contribution in [1.82, 2.24) is 14.8 Å². The molecule has 1 aromatic heterocycles. The maximum Gasteiger partial charge on any atom is 0.137 e. The van der Waals surface area contributed by atoms with Gasteiger partial charge in [0.2, 0.25) is 0 Å². The molecule has 20 heavy (non-hydrogen) atoms. The van der Waals surface area contributed by atoms with Crippen LogP contribution in [0.15, 0.2) is 42.5 Å². The summed E-state index contributed by atoms with van der Waals surface area (Å²) in [5.74, 6) is -1.24. The predicted molar refractivity (Wildman–Crippen MR) is 67.8 cm³/mol. The molecule has 1 atom stereocenters. The maximum atomic E-state index is 14.1. The van der Waals surface area contributed by atoms with Crippen LogP contribution in [-0.4, -0.2) is 21.4 Å². The smallest absolute Gasteiger partial charge is 0.137 e. The molecule has 3 rings (SSSR count). The van der Waals surface area contributed by atoms with Crippen LogP contribution in [-0.2, 0) is 16.9 Å². The number of aromatic nitrogens is 3. The molecule has 0 N–H and O–H groups in total. The van der Waals surface area contributed by atoms with Crippen LogP contribution in [0.1, 0.15) is 12.5 Å². The molecular formula is C14H13F2N3O. The van der Waals surface area contributed by atoms with E-state index in [1.807, 2.05) is 13.0 Å². The highest BCUT2D eigenvalue weighted by molar-refractivity contribution is 5.33. The molecule has 1 aromatic carbocycles. The van der Waals surface area contributed by atoms with Crippen molar-refractivity contribution in [3.05, 3.63) is 59.7 Å². The van der Waals surface area contributed by atoms with Gasteiger partial charge >= 0.3 is 0 Å². The van der Waals surface area contributed by atoms with Crippen molar-refractivity contribution in [2.24, 2.45) is 0 Å². The van der Waals surface area contributed by atoms with Crippen LogP contribution in [0.2, 0.25) is 0 Å². The molecule has 6 heteroatoms. The summed E-state index contributed by atoms with van der Waals surface area (Å²) in [7, 11) is 0. The van der Waals surface area contributed by atoms with Gasteiger partial charge in [0.25, 0.3) is 0 Å². The lowest BCUT2D eigenvalue weighted by atomic mass is 9.92. The molecule has 0 saturated carbocycles. The maximum absolute atomic E-state index is 14.1. The zero-order valence-electron chi connectivity index (χ0n) is 10.9. The number of halogens is 2. The van der Waals surface area contributed by atoms with E-state index >= 15 is 0 Å². The third-order valence-electron chi connectivity index (χ3n) is 3.29. The van der Waals surface area contributed by atoms with Gasteiger partial charge in [0.05, 0.1) is 13.2 Å². The number of ether oxygens (including phenoxy) is 1. The first-order valence-corrected chi connectivity index (χ1v) is 6.19. The number of hydrogen-bond donors (Lipinski definition) is 0. The first kappa shape index (κ1) is 12.9. The number of rotatable bonds is 3. The molecule has 0 saturated heterocycles. The molecule has 1 aliphatic heterocycles. The van der Waals surface area contributed by atoms with Gasteiger partial charge < -0.3 is 4.74 Å². The lowest BCUT2D eigenvalue weighted by Crippen LogP contribution is -2.31. The Labute approximate surface area is 114 Å². The van der Waals surface area contributed by atoms with E-state index in [9.17, 15) is 8.78 Å². The zero-order chi connectivity index (χ0) is 14.2. The average Bonchev–Trinajstić information content (AvgIpc) is 3.00. The van der Waals surface area contributed by atoms with Gasteiger partial charge in [-0.25, -0.2) is 18.4 Å². The average molecular weight is 277 g/mol. The summed E-state index contributed by atoms with van der Waals surface area (Å²) in [5, 5.41) is 4.02. The summed E-state index contributed by atoms with van der Waals surface area (Å²) in [6.45, 7) is 2.60. The molecule has 0 fully saturated rings. The molecule has 0 radical (unpaired) electrons. The largest absolute Gasteiger partial charge is 0.360 e. The Morgan fingerprint density at radius 3 is 2.85 bits per heavy atom. The molecule has 0 spiro atoms. The third kappa shape index (κ3) is 2.22. The van der Waals surface area contributed by atoms with E-state index in [1.54, 1.807) is 4.68 Å². The van der Waals surface area contributed by atoms with Crippen LogP contribution in [0, 0.1) is 11.6 Å². The van der Waals surface area contributed by atoms with Crippen LogP contribution in [0.5, 0.6) is 0 Å². The van der Waals surface area contributed by atoms with Crippen molar-refractivity contribution in [2.45, 2.75) is 19.1 Å². The summed E-state index contributed by atoms with van der Waals surface area (Å²) in [5.41, 5.74) is 0.315. The summed E-state index contributed by atoms with van der Waals surface area (Å²) < 4.78 is 34.6. The molecular weight excluding hydrogens is 264 g/mol. The zero-order valence-corrected chi connectivity index (χ0v) is 10.9. The Bertz CT molecular complexity index is 654. The molecule has 0 bridgehead atoms. The number of benzene rings is 1. The number of nitrogens with zero attached hydrogens (tertiary/aromatic N) is 3. The highest BCUT2D eigenvalue weighted by atomic mass is 19.1. The Hall–Kier alpha value is -2.08. The van der Waals surface area contributed by atoms with Gasteiger partial charge in [-0.1, -0.05) is 0 Å². The predicted octanol–water partition coefficient (Wildman–Crippen LogP) is 2.43. The topological polar surface area (TPSA) is 39.9 Å². The second-order valence-corrected chi connectivity index (χ2v) is 4.89. The summed E-state index contributed by atoms with van der Waals surface area (Å²) in [4.78, 5) is 3.87. The van der Waals surface area contributed by atoms with Crippen LogP contribution in [0.25, 0.3) is 0 Å². The van der Waals surface area contributed by atoms with Crippen LogP contribution in [0.4, 0.5) is 8.78 Å².